The maximum atomic E-state index is 13.6. The van der Waals surface area contributed by atoms with Crippen LogP contribution in [0.2, 0.25) is 0 Å². The standard InChI is InChI=1S/C19H17F5N4O3/c20-13-2-3-15(14(21)10-13)25-18(29)11-26-5-7-27(8-6-26)16-4-1-12(19(22,23)24)9-17(16)28(30)31/h1-4,9-10H,5-8,11H2,(H,25,29). The number of amides is 1. The third-order valence-corrected chi connectivity index (χ3v) is 4.78. The first-order valence-corrected chi connectivity index (χ1v) is 9.12. The van der Waals surface area contributed by atoms with E-state index in [1.54, 1.807) is 9.80 Å². The first-order valence-electron chi connectivity index (χ1n) is 9.12. The monoisotopic (exact) mass is 444 g/mol. The van der Waals surface area contributed by atoms with Gasteiger partial charge >= 0.3 is 6.18 Å². The zero-order chi connectivity index (χ0) is 22.8. The van der Waals surface area contributed by atoms with Gasteiger partial charge < -0.3 is 10.2 Å². The minimum Gasteiger partial charge on any atom is -0.363 e. The van der Waals surface area contributed by atoms with Crippen molar-refractivity contribution < 1.29 is 31.7 Å². The summed E-state index contributed by atoms with van der Waals surface area (Å²) in [7, 11) is 0. The third-order valence-electron chi connectivity index (χ3n) is 4.78. The van der Waals surface area contributed by atoms with Crippen molar-refractivity contribution in [2.75, 3.05) is 42.9 Å². The number of carbonyl (C=O) groups is 1. The minimum absolute atomic E-state index is 0.0653. The van der Waals surface area contributed by atoms with Gasteiger partial charge in [0.2, 0.25) is 5.91 Å². The molecule has 2 aromatic rings. The van der Waals surface area contributed by atoms with Crippen molar-refractivity contribution in [3.63, 3.8) is 0 Å². The van der Waals surface area contributed by atoms with Crippen LogP contribution < -0.4 is 10.2 Å². The van der Waals surface area contributed by atoms with Crippen LogP contribution in [0.1, 0.15) is 5.56 Å². The summed E-state index contributed by atoms with van der Waals surface area (Å²) in [4.78, 5) is 25.8. The fourth-order valence-electron chi connectivity index (χ4n) is 3.24. The molecule has 0 aliphatic carbocycles. The molecule has 0 spiro atoms. The molecule has 1 aliphatic rings. The molecule has 2 aromatic carbocycles. The number of anilines is 2. The van der Waals surface area contributed by atoms with Gasteiger partial charge in [-0.1, -0.05) is 0 Å². The summed E-state index contributed by atoms with van der Waals surface area (Å²) in [6, 6.07) is 5.12. The minimum atomic E-state index is -4.70. The van der Waals surface area contributed by atoms with Crippen LogP contribution in [0.25, 0.3) is 0 Å². The van der Waals surface area contributed by atoms with Crippen molar-refractivity contribution in [1.29, 1.82) is 0 Å². The van der Waals surface area contributed by atoms with Crippen LogP contribution in [0.3, 0.4) is 0 Å². The largest absolute Gasteiger partial charge is 0.416 e. The van der Waals surface area contributed by atoms with Crippen LogP contribution >= 0.6 is 0 Å². The molecule has 31 heavy (non-hydrogen) atoms. The second kappa shape index (κ2) is 8.84. The summed E-state index contributed by atoms with van der Waals surface area (Å²) in [6.45, 7) is 0.990. The van der Waals surface area contributed by atoms with Crippen LogP contribution in [0.15, 0.2) is 36.4 Å². The molecular weight excluding hydrogens is 427 g/mol. The molecule has 0 radical (unpaired) electrons. The molecule has 0 unspecified atom stereocenters. The number of hydrogen-bond donors (Lipinski definition) is 1. The molecule has 1 amide bonds. The summed E-state index contributed by atoms with van der Waals surface area (Å²) in [5.74, 6) is -2.21. The Morgan fingerprint density at radius 3 is 2.32 bits per heavy atom. The molecule has 166 valence electrons. The summed E-state index contributed by atoms with van der Waals surface area (Å²) in [5.41, 5.74) is -1.85. The van der Waals surface area contributed by atoms with Gasteiger partial charge in [0.25, 0.3) is 5.69 Å². The van der Waals surface area contributed by atoms with Crippen molar-refractivity contribution in [3.05, 3.63) is 63.7 Å². The van der Waals surface area contributed by atoms with Crippen LogP contribution in [0, 0.1) is 21.7 Å². The van der Waals surface area contributed by atoms with E-state index in [0.29, 0.717) is 25.2 Å². The smallest absolute Gasteiger partial charge is 0.363 e. The van der Waals surface area contributed by atoms with Gasteiger partial charge in [-0.15, -0.1) is 0 Å². The highest BCUT2D eigenvalue weighted by Crippen LogP contribution is 2.36. The van der Waals surface area contributed by atoms with Gasteiger partial charge in [0.1, 0.15) is 17.3 Å². The molecule has 3 rings (SSSR count). The fraction of sp³-hybridized carbons (Fsp3) is 0.316. The molecule has 1 N–H and O–H groups in total. The molecule has 1 fully saturated rings. The van der Waals surface area contributed by atoms with Crippen LogP contribution in [0.4, 0.5) is 39.0 Å². The van der Waals surface area contributed by atoms with E-state index in [1.165, 1.54) is 0 Å². The normalized spacial score (nSPS) is 15.1. The maximum absolute atomic E-state index is 13.6. The highest BCUT2D eigenvalue weighted by molar-refractivity contribution is 5.92. The van der Waals surface area contributed by atoms with E-state index in [-0.39, 0.29) is 31.0 Å². The zero-order valence-electron chi connectivity index (χ0n) is 16.0. The van der Waals surface area contributed by atoms with Crippen molar-refractivity contribution in [1.82, 2.24) is 4.90 Å². The van der Waals surface area contributed by atoms with E-state index in [9.17, 15) is 36.9 Å². The zero-order valence-corrected chi connectivity index (χ0v) is 16.0. The Hall–Kier alpha value is -3.28. The maximum Gasteiger partial charge on any atom is 0.416 e. The Morgan fingerprint density at radius 2 is 1.74 bits per heavy atom. The lowest BCUT2D eigenvalue weighted by Crippen LogP contribution is -2.48. The van der Waals surface area contributed by atoms with Crippen LogP contribution in [-0.4, -0.2) is 48.5 Å². The summed E-state index contributed by atoms with van der Waals surface area (Å²) in [5, 5.41) is 13.6. The molecule has 1 aliphatic heterocycles. The number of nitrogens with one attached hydrogen (secondary N) is 1. The Balaban J connectivity index is 1.61. The molecule has 0 atom stereocenters. The van der Waals surface area contributed by atoms with Crippen molar-refractivity contribution in [2.24, 2.45) is 0 Å². The first kappa shape index (κ1) is 22.4. The predicted octanol–water partition coefficient (Wildman–Crippen LogP) is 3.65. The Labute approximate surface area is 173 Å². The Bertz CT molecular complexity index is 991. The van der Waals surface area contributed by atoms with Gasteiger partial charge in [0.05, 0.1) is 22.7 Å². The molecule has 7 nitrogen and oxygen atoms in total. The lowest BCUT2D eigenvalue weighted by Gasteiger charge is -2.35. The highest BCUT2D eigenvalue weighted by Gasteiger charge is 2.34. The van der Waals surface area contributed by atoms with Crippen molar-refractivity contribution in [3.8, 4) is 0 Å². The van der Waals surface area contributed by atoms with Crippen molar-refractivity contribution >= 4 is 23.0 Å². The number of nitro groups is 1. The molecular formula is C19H17F5N4O3. The average Bonchev–Trinajstić information content (AvgIpc) is 2.69. The van der Waals surface area contributed by atoms with Crippen LogP contribution in [0.5, 0.6) is 0 Å². The summed E-state index contributed by atoms with van der Waals surface area (Å²) < 4.78 is 65.1. The molecule has 1 heterocycles. The Morgan fingerprint density at radius 1 is 1.06 bits per heavy atom. The van der Waals surface area contributed by atoms with Gasteiger partial charge in [-0.25, -0.2) is 8.78 Å². The summed E-state index contributed by atoms with van der Waals surface area (Å²) in [6.07, 6.45) is -4.70. The molecule has 0 saturated carbocycles. The number of halogens is 5. The van der Waals surface area contributed by atoms with Crippen LogP contribution in [-0.2, 0) is 11.0 Å². The first-order chi connectivity index (χ1) is 14.5. The molecule has 12 heteroatoms. The lowest BCUT2D eigenvalue weighted by atomic mass is 10.1. The fourth-order valence-corrected chi connectivity index (χ4v) is 3.24. The number of nitro benzene ring substituents is 1. The van der Waals surface area contributed by atoms with Gasteiger partial charge in [0.15, 0.2) is 0 Å². The van der Waals surface area contributed by atoms with E-state index in [0.717, 1.165) is 24.3 Å². The van der Waals surface area contributed by atoms with E-state index >= 15 is 0 Å². The second-order valence-electron chi connectivity index (χ2n) is 6.89. The van der Waals surface area contributed by atoms with E-state index in [2.05, 4.69) is 5.32 Å². The van der Waals surface area contributed by atoms with E-state index in [4.69, 9.17) is 0 Å². The topological polar surface area (TPSA) is 78.7 Å². The van der Waals surface area contributed by atoms with E-state index < -0.39 is 39.9 Å². The molecule has 0 aromatic heterocycles. The number of hydrogen-bond acceptors (Lipinski definition) is 5. The summed E-state index contributed by atoms with van der Waals surface area (Å²) >= 11 is 0. The number of piperazine rings is 1. The second-order valence-corrected chi connectivity index (χ2v) is 6.89. The number of benzene rings is 2. The highest BCUT2D eigenvalue weighted by atomic mass is 19.4. The average molecular weight is 444 g/mol. The van der Waals surface area contributed by atoms with Gasteiger partial charge in [-0.2, -0.15) is 13.2 Å². The predicted molar refractivity (Wildman–Crippen MR) is 102 cm³/mol. The van der Waals surface area contributed by atoms with Crippen molar-refractivity contribution in [2.45, 2.75) is 6.18 Å². The lowest BCUT2D eigenvalue weighted by molar-refractivity contribution is -0.384. The Kier molecular flexibility index (Phi) is 6.39. The number of alkyl halides is 3. The van der Waals surface area contributed by atoms with Gasteiger partial charge in [-0.3, -0.25) is 19.8 Å². The molecule has 1 saturated heterocycles. The quantitative estimate of drug-likeness (QED) is 0.433. The van der Waals surface area contributed by atoms with Gasteiger partial charge in [-0.05, 0) is 24.3 Å². The van der Waals surface area contributed by atoms with Gasteiger partial charge in [0, 0.05) is 38.3 Å². The number of rotatable bonds is 5. The number of nitrogens with zero attached hydrogens (tertiary/aromatic N) is 3. The SMILES string of the molecule is O=C(CN1CCN(c2ccc(C(F)(F)F)cc2[N+](=O)[O-])CC1)Nc1ccc(F)cc1F. The van der Waals surface area contributed by atoms with E-state index in [1.807, 2.05) is 0 Å². The number of carbonyl (C=O) groups excluding carboxylic acids is 1. The molecule has 0 bridgehead atoms. The third kappa shape index (κ3) is 5.45.